The van der Waals surface area contributed by atoms with E-state index < -0.39 is 6.10 Å². The third-order valence-electron chi connectivity index (χ3n) is 2.50. The molecule has 0 saturated carbocycles. The second-order valence-corrected chi connectivity index (χ2v) is 3.82. The van der Waals surface area contributed by atoms with E-state index in [9.17, 15) is 4.79 Å². The van der Waals surface area contributed by atoms with Crippen LogP contribution < -0.4 is 4.74 Å². The Hall–Kier alpha value is -1.81. The van der Waals surface area contributed by atoms with Gasteiger partial charge in [-0.1, -0.05) is 30.4 Å². The number of allylic oxidation sites excluding steroid dienone is 1. The Morgan fingerprint density at radius 2 is 2.06 bits per heavy atom. The fourth-order valence-corrected chi connectivity index (χ4v) is 1.49. The monoisotopic (exact) mass is 249 g/mol. The highest BCUT2D eigenvalue weighted by atomic mass is 16.7. The van der Waals surface area contributed by atoms with Crippen LogP contribution in [-0.4, -0.2) is 31.2 Å². The number of carbonyl (C=O) groups excluding carboxylic acids is 1. The summed E-state index contributed by atoms with van der Waals surface area (Å²) in [5, 5.41) is 1.16. The van der Waals surface area contributed by atoms with Gasteiger partial charge in [-0.05, 0) is 19.9 Å². The number of carbonyl (C=O) groups is 1. The van der Waals surface area contributed by atoms with Gasteiger partial charge in [-0.25, -0.2) is 5.06 Å². The van der Waals surface area contributed by atoms with Crippen molar-refractivity contribution < 1.29 is 14.4 Å². The maximum atomic E-state index is 11.8. The second kappa shape index (κ2) is 6.81. The molecule has 0 aromatic heterocycles. The lowest BCUT2D eigenvalue weighted by Crippen LogP contribution is -2.37. The molecule has 4 nitrogen and oxygen atoms in total. The third-order valence-corrected chi connectivity index (χ3v) is 2.50. The molecule has 1 atom stereocenters. The zero-order valence-electron chi connectivity index (χ0n) is 11.2. The minimum absolute atomic E-state index is 0.229. The Labute approximate surface area is 108 Å². The second-order valence-electron chi connectivity index (χ2n) is 3.82. The summed E-state index contributed by atoms with van der Waals surface area (Å²) in [7, 11) is 3.00. The maximum Gasteiger partial charge on any atom is 0.286 e. The first-order chi connectivity index (χ1) is 8.60. The summed E-state index contributed by atoms with van der Waals surface area (Å²) in [6.07, 6.45) is 3.27. The Morgan fingerprint density at radius 3 is 2.67 bits per heavy atom. The van der Waals surface area contributed by atoms with E-state index in [4.69, 9.17) is 9.57 Å². The van der Waals surface area contributed by atoms with Gasteiger partial charge in [0.05, 0.1) is 7.11 Å². The van der Waals surface area contributed by atoms with Crippen LogP contribution >= 0.6 is 0 Å². The van der Waals surface area contributed by atoms with Crippen LogP contribution in [0.5, 0.6) is 5.75 Å². The standard InChI is InChI=1S/C14H19NO3/c1-5-8-12-9-6-7-10-13(12)18-11(2)14(16)15(3)17-4/h5-11H,1-4H3/b8-5-. The van der Waals surface area contributed by atoms with Gasteiger partial charge in [-0.15, -0.1) is 0 Å². The number of rotatable bonds is 5. The molecule has 0 radical (unpaired) electrons. The normalized spacial score (nSPS) is 12.4. The van der Waals surface area contributed by atoms with E-state index >= 15 is 0 Å². The molecule has 98 valence electrons. The van der Waals surface area contributed by atoms with Crippen LogP contribution in [0.25, 0.3) is 6.08 Å². The largest absolute Gasteiger partial charge is 0.480 e. The van der Waals surface area contributed by atoms with E-state index in [0.717, 1.165) is 10.6 Å². The van der Waals surface area contributed by atoms with Gasteiger partial charge in [0.1, 0.15) is 5.75 Å². The van der Waals surface area contributed by atoms with Gasteiger partial charge >= 0.3 is 0 Å². The van der Waals surface area contributed by atoms with E-state index in [0.29, 0.717) is 5.75 Å². The highest BCUT2D eigenvalue weighted by molar-refractivity contribution is 5.79. The van der Waals surface area contributed by atoms with Crippen LogP contribution in [0.3, 0.4) is 0 Å². The highest BCUT2D eigenvalue weighted by Crippen LogP contribution is 2.21. The van der Waals surface area contributed by atoms with Crippen LogP contribution in [0, 0.1) is 0 Å². The number of hydrogen-bond acceptors (Lipinski definition) is 3. The minimum atomic E-state index is -0.596. The minimum Gasteiger partial charge on any atom is -0.480 e. The van der Waals surface area contributed by atoms with Crippen molar-refractivity contribution in [3.8, 4) is 5.75 Å². The van der Waals surface area contributed by atoms with Gasteiger partial charge < -0.3 is 4.74 Å². The lowest BCUT2D eigenvalue weighted by molar-refractivity contribution is -0.175. The van der Waals surface area contributed by atoms with Crippen LogP contribution in [0.2, 0.25) is 0 Å². The van der Waals surface area contributed by atoms with Crippen LogP contribution in [0.15, 0.2) is 30.3 Å². The van der Waals surface area contributed by atoms with Crippen molar-refractivity contribution in [2.75, 3.05) is 14.2 Å². The molecule has 0 aliphatic carbocycles. The van der Waals surface area contributed by atoms with E-state index in [-0.39, 0.29) is 5.91 Å². The van der Waals surface area contributed by atoms with E-state index in [1.165, 1.54) is 7.11 Å². The fraction of sp³-hybridized carbons (Fsp3) is 0.357. The van der Waals surface area contributed by atoms with Crippen molar-refractivity contribution in [1.29, 1.82) is 0 Å². The summed E-state index contributed by atoms with van der Waals surface area (Å²) in [5.41, 5.74) is 0.944. The molecule has 0 N–H and O–H groups in total. The number of amides is 1. The van der Waals surface area contributed by atoms with Crippen molar-refractivity contribution in [2.24, 2.45) is 0 Å². The first-order valence-electron chi connectivity index (χ1n) is 5.80. The summed E-state index contributed by atoms with van der Waals surface area (Å²) in [6, 6.07) is 7.58. The SMILES string of the molecule is C/C=C\c1ccccc1OC(C)C(=O)N(C)OC. The van der Waals surface area contributed by atoms with Crippen molar-refractivity contribution >= 4 is 12.0 Å². The Balaban J connectivity index is 2.81. The molecular formula is C14H19NO3. The molecule has 1 unspecified atom stereocenters. The smallest absolute Gasteiger partial charge is 0.286 e. The van der Waals surface area contributed by atoms with E-state index in [2.05, 4.69) is 0 Å². The Kier molecular flexibility index (Phi) is 5.39. The summed E-state index contributed by atoms with van der Waals surface area (Å²) in [4.78, 5) is 16.6. The number of ether oxygens (including phenoxy) is 1. The number of hydrogen-bond donors (Lipinski definition) is 0. The summed E-state index contributed by atoms with van der Waals surface area (Å²) in [6.45, 7) is 3.63. The molecule has 1 rings (SSSR count). The fourth-order valence-electron chi connectivity index (χ4n) is 1.49. The molecule has 0 fully saturated rings. The van der Waals surface area contributed by atoms with Gasteiger partial charge in [0.15, 0.2) is 6.10 Å². The Bertz CT molecular complexity index is 429. The van der Waals surface area contributed by atoms with E-state index in [1.54, 1.807) is 14.0 Å². The first-order valence-corrected chi connectivity index (χ1v) is 5.80. The van der Waals surface area contributed by atoms with Crippen molar-refractivity contribution in [2.45, 2.75) is 20.0 Å². The number of benzene rings is 1. The lowest BCUT2D eigenvalue weighted by atomic mass is 10.2. The predicted octanol–water partition coefficient (Wildman–Crippen LogP) is 2.51. The molecule has 0 saturated heterocycles. The van der Waals surface area contributed by atoms with Crippen LogP contribution in [0.4, 0.5) is 0 Å². The van der Waals surface area contributed by atoms with Gasteiger partial charge in [-0.3, -0.25) is 9.63 Å². The lowest BCUT2D eigenvalue weighted by Gasteiger charge is -2.20. The summed E-state index contributed by atoms with van der Waals surface area (Å²) < 4.78 is 5.66. The molecule has 0 aliphatic rings. The quantitative estimate of drug-likeness (QED) is 0.753. The number of likely N-dealkylation sites (N-methyl/N-ethyl adjacent to an activating group) is 1. The predicted molar refractivity (Wildman–Crippen MR) is 71.0 cm³/mol. The molecule has 1 aromatic carbocycles. The van der Waals surface area contributed by atoms with Crippen molar-refractivity contribution in [1.82, 2.24) is 5.06 Å². The number of para-hydroxylation sites is 1. The Morgan fingerprint density at radius 1 is 1.39 bits per heavy atom. The molecule has 1 amide bonds. The van der Waals surface area contributed by atoms with Crippen molar-refractivity contribution in [3.63, 3.8) is 0 Å². The topological polar surface area (TPSA) is 38.8 Å². The maximum absolute atomic E-state index is 11.8. The zero-order valence-corrected chi connectivity index (χ0v) is 11.2. The zero-order chi connectivity index (χ0) is 13.5. The van der Waals surface area contributed by atoms with Crippen LogP contribution in [0.1, 0.15) is 19.4 Å². The van der Waals surface area contributed by atoms with Gasteiger partial charge in [0.25, 0.3) is 5.91 Å². The average molecular weight is 249 g/mol. The van der Waals surface area contributed by atoms with Crippen molar-refractivity contribution in [3.05, 3.63) is 35.9 Å². The van der Waals surface area contributed by atoms with Gasteiger partial charge in [0.2, 0.25) is 0 Å². The van der Waals surface area contributed by atoms with E-state index in [1.807, 2.05) is 43.3 Å². The molecule has 4 heteroatoms. The molecule has 0 bridgehead atoms. The number of nitrogens with zero attached hydrogens (tertiary/aromatic N) is 1. The molecule has 0 heterocycles. The summed E-state index contributed by atoms with van der Waals surface area (Å²) >= 11 is 0. The summed E-state index contributed by atoms with van der Waals surface area (Å²) in [5.74, 6) is 0.453. The molecule has 0 aliphatic heterocycles. The first kappa shape index (κ1) is 14.3. The molecule has 0 spiro atoms. The number of hydroxylamine groups is 2. The average Bonchev–Trinajstić information content (AvgIpc) is 2.39. The van der Waals surface area contributed by atoms with Gasteiger partial charge in [0, 0.05) is 12.6 Å². The molecule has 18 heavy (non-hydrogen) atoms. The molecule has 1 aromatic rings. The highest BCUT2D eigenvalue weighted by Gasteiger charge is 2.19. The third kappa shape index (κ3) is 3.60. The van der Waals surface area contributed by atoms with Gasteiger partial charge in [-0.2, -0.15) is 0 Å². The van der Waals surface area contributed by atoms with Crippen LogP contribution in [-0.2, 0) is 9.63 Å². The molecular weight excluding hydrogens is 230 g/mol.